The summed E-state index contributed by atoms with van der Waals surface area (Å²) in [5.41, 5.74) is 3.89. The zero-order valence-electron chi connectivity index (χ0n) is 16.5. The Labute approximate surface area is 187 Å². The van der Waals surface area contributed by atoms with Gasteiger partial charge < -0.3 is 0 Å². The van der Waals surface area contributed by atoms with Crippen LogP contribution in [0, 0.1) is 6.92 Å². The third-order valence-electron chi connectivity index (χ3n) is 4.31. The number of amides is 1. The Hall–Kier alpha value is -3.24. The number of nitrogens with one attached hydrogen (secondary N) is 3. The van der Waals surface area contributed by atoms with Crippen LogP contribution in [0.15, 0.2) is 71.6 Å². The Morgan fingerprint density at radius 2 is 1.69 bits per heavy atom. The van der Waals surface area contributed by atoms with Gasteiger partial charge in [0.05, 0.1) is 26.7 Å². The maximum atomic E-state index is 13.1. The van der Waals surface area contributed by atoms with E-state index in [2.05, 4.69) is 15.6 Å². The van der Waals surface area contributed by atoms with Crippen LogP contribution < -0.4 is 15.6 Å². The van der Waals surface area contributed by atoms with E-state index < -0.39 is 27.7 Å². The second kappa shape index (κ2) is 9.09. The first kappa shape index (κ1) is 23.4. The topological polar surface area (TPSA) is 87.3 Å². The zero-order chi connectivity index (χ0) is 23.5. The van der Waals surface area contributed by atoms with Gasteiger partial charge in [-0.2, -0.15) is 13.2 Å². The minimum Gasteiger partial charge on any atom is -0.298 e. The summed E-state index contributed by atoms with van der Waals surface area (Å²) in [6.07, 6.45) is -4.64. The maximum Gasteiger partial charge on any atom is 0.418 e. The van der Waals surface area contributed by atoms with Crippen LogP contribution in [-0.4, -0.2) is 14.3 Å². The number of anilines is 2. The van der Waals surface area contributed by atoms with Crippen LogP contribution in [0.4, 0.5) is 24.5 Å². The number of para-hydroxylation sites is 1. The van der Waals surface area contributed by atoms with Gasteiger partial charge in [0.1, 0.15) is 0 Å². The number of hydrogen-bond donors (Lipinski definition) is 3. The number of carbonyl (C=O) groups is 1. The molecule has 6 nitrogen and oxygen atoms in total. The Morgan fingerprint density at radius 1 is 0.969 bits per heavy atom. The van der Waals surface area contributed by atoms with Gasteiger partial charge in [0.2, 0.25) is 0 Å². The molecule has 3 aromatic carbocycles. The molecule has 0 aliphatic heterocycles. The van der Waals surface area contributed by atoms with E-state index in [-0.39, 0.29) is 21.2 Å². The number of aryl methyl sites for hydroxylation is 1. The van der Waals surface area contributed by atoms with Crippen LogP contribution >= 0.6 is 11.6 Å². The Balaban J connectivity index is 1.82. The molecule has 0 saturated heterocycles. The van der Waals surface area contributed by atoms with Crippen LogP contribution in [0.25, 0.3) is 0 Å². The van der Waals surface area contributed by atoms with Crippen molar-refractivity contribution in [1.82, 2.24) is 5.43 Å². The van der Waals surface area contributed by atoms with Crippen LogP contribution in [0.2, 0.25) is 5.02 Å². The minimum absolute atomic E-state index is 0.0806. The van der Waals surface area contributed by atoms with Crippen molar-refractivity contribution in [2.24, 2.45) is 0 Å². The Morgan fingerprint density at radius 3 is 2.38 bits per heavy atom. The van der Waals surface area contributed by atoms with E-state index >= 15 is 0 Å². The molecule has 3 N–H and O–H groups in total. The van der Waals surface area contributed by atoms with Crippen molar-refractivity contribution in [3.05, 3.63) is 88.4 Å². The fourth-order valence-corrected chi connectivity index (χ4v) is 4.08. The molecule has 0 atom stereocenters. The highest BCUT2D eigenvalue weighted by Crippen LogP contribution is 2.34. The quantitative estimate of drug-likeness (QED) is 0.419. The van der Waals surface area contributed by atoms with Crippen molar-refractivity contribution in [3.63, 3.8) is 0 Å². The van der Waals surface area contributed by atoms with E-state index in [1.54, 1.807) is 31.2 Å². The summed E-state index contributed by atoms with van der Waals surface area (Å²) < 4.78 is 67.1. The SMILES string of the molecule is Cc1cccc(NS(=O)(=O)c2ccc(Cl)c(C(=O)NNc3ccccc3C(F)(F)F)c2)c1. The van der Waals surface area contributed by atoms with Gasteiger partial charge in [-0.15, -0.1) is 0 Å². The average molecular weight is 484 g/mol. The molecule has 0 fully saturated rings. The van der Waals surface area contributed by atoms with Crippen LogP contribution in [-0.2, 0) is 16.2 Å². The Bertz CT molecular complexity index is 1260. The highest BCUT2D eigenvalue weighted by Gasteiger charge is 2.33. The van der Waals surface area contributed by atoms with E-state index in [4.69, 9.17) is 11.6 Å². The van der Waals surface area contributed by atoms with Gasteiger partial charge in [-0.25, -0.2) is 8.42 Å². The number of sulfonamides is 1. The number of halogens is 4. The predicted octanol–water partition coefficient (Wildman–Crippen LogP) is 5.22. The van der Waals surface area contributed by atoms with E-state index in [0.717, 1.165) is 23.8 Å². The third-order valence-corrected chi connectivity index (χ3v) is 6.01. The first-order valence-corrected chi connectivity index (χ1v) is 10.9. The minimum atomic E-state index is -4.64. The average Bonchev–Trinajstić information content (AvgIpc) is 2.71. The van der Waals surface area contributed by atoms with E-state index in [9.17, 15) is 26.4 Å². The van der Waals surface area contributed by atoms with E-state index in [1.807, 2.05) is 0 Å². The molecule has 1 amide bonds. The first-order chi connectivity index (χ1) is 15.0. The lowest BCUT2D eigenvalue weighted by molar-refractivity contribution is -0.137. The molecule has 32 heavy (non-hydrogen) atoms. The molecule has 0 spiro atoms. The molecule has 0 heterocycles. The molecule has 3 rings (SSSR count). The standard InChI is InChI=1S/C21H17ClF3N3O3S/c1-13-5-4-6-14(11-13)28-32(30,31)15-9-10-18(22)16(12-15)20(29)27-26-19-8-3-2-7-17(19)21(23,24)25/h2-12,26,28H,1H3,(H,27,29). The lowest BCUT2D eigenvalue weighted by Crippen LogP contribution is -2.31. The molecule has 0 aromatic heterocycles. The fourth-order valence-electron chi connectivity index (χ4n) is 2.80. The summed E-state index contributed by atoms with van der Waals surface area (Å²) in [5.74, 6) is -0.917. The molecule has 0 unspecified atom stereocenters. The molecule has 168 valence electrons. The van der Waals surface area contributed by atoms with Crippen molar-refractivity contribution in [2.75, 3.05) is 10.1 Å². The van der Waals surface area contributed by atoms with E-state index in [0.29, 0.717) is 5.69 Å². The van der Waals surface area contributed by atoms with Gasteiger partial charge in [-0.1, -0.05) is 35.9 Å². The van der Waals surface area contributed by atoms with Gasteiger partial charge in [-0.3, -0.25) is 20.4 Å². The summed E-state index contributed by atoms with van der Waals surface area (Å²) in [7, 11) is -4.05. The van der Waals surface area contributed by atoms with Crippen LogP contribution in [0.5, 0.6) is 0 Å². The van der Waals surface area contributed by atoms with Crippen molar-refractivity contribution >= 4 is 38.9 Å². The predicted molar refractivity (Wildman–Crippen MR) is 116 cm³/mol. The fraction of sp³-hybridized carbons (Fsp3) is 0.0952. The molecular formula is C21H17ClF3N3O3S. The molecule has 0 saturated carbocycles. The Kier molecular flexibility index (Phi) is 6.65. The van der Waals surface area contributed by atoms with Gasteiger partial charge in [0.15, 0.2) is 0 Å². The van der Waals surface area contributed by atoms with Crippen molar-refractivity contribution in [3.8, 4) is 0 Å². The lowest BCUT2D eigenvalue weighted by atomic mass is 10.2. The first-order valence-electron chi connectivity index (χ1n) is 9.09. The second-order valence-electron chi connectivity index (χ2n) is 6.74. The molecule has 0 aliphatic carbocycles. The summed E-state index contributed by atoms with van der Waals surface area (Å²) >= 11 is 6.02. The smallest absolute Gasteiger partial charge is 0.298 e. The van der Waals surface area contributed by atoms with Crippen molar-refractivity contribution in [1.29, 1.82) is 0 Å². The monoisotopic (exact) mass is 483 g/mol. The number of carbonyl (C=O) groups excluding carboxylic acids is 1. The number of rotatable bonds is 6. The maximum absolute atomic E-state index is 13.1. The number of hydrazine groups is 1. The number of benzene rings is 3. The summed E-state index contributed by atoms with van der Waals surface area (Å²) in [6, 6.07) is 14.7. The highest BCUT2D eigenvalue weighted by atomic mass is 35.5. The zero-order valence-corrected chi connectivity index (χ0v) is 18.1. The van der Waals surface area contributed by atoms with Crippen LogP contribution in [0.1, 0.15) is 21.5 Å². The molecule has 11 heteroatoms. The molecule has 0 aliphatic rings. The van der Waals surface area contributed by atoms with Gasteiger partial charge in [-0.05, 0) is 55.0 Å². The summed E-state index contributed by atoms with van der Waals surface area (Å²) in [4.78, 5) is 12.3. The van der Waals surface area contributed by atoms with Gasteiger partial charge in [0.25, 0.3) is 15.9 Å². The van der Waals surface area contributed by atoms with Crippen molar-refractivity contribution in [2.45, 2.75) is 18.0 Å². The van der Waals surface area contributed by atoms with Crippen LogP contribution in [0.3, 0.4) is 0 Å². The molecular weight excluding hydrogens is 467 g/mol. The molecule has 0 bridgehead atoms. The normalized spacial score (nSPS) is 11.7. The highest BCUT2D eigenvalue weighted by molar-refractivity contribution is 7.92. The molecule has 0 radical (unpaired) electrons. The molecule has 3 aromatic rings. The largest absolute Gasteiger partial charge is 0.418 e. The number of hydrogen-bond acceptors (Lipinski definition) is 4. The van der Waals surface area contributed by atoms with Gasteiger partial charge in [0, 0.05) is 5.69 Å². The second-order valence-corrected chi connectivity index (χ2v) is 8.83. The number of alkyl halides is 3. The third kappa shape index (κ3) is 5.51. The van der Waals surface area contributed by atoms with E-state index in [1.165, 1.54) is 24.3 Å². The summed E-state index contributed by atoms with van der Waals surface area (Å²) in [5, 5.41) is -0.0806. The van der Waals surface area contributed by atoms with Crippen molar-refractivity contribution < 1.29 is 26.4 Å². The van der Waals surface area contributed by atoms with Gasteiger partial charge >= 0.3 is 6.18 Å². The summed E-state index contributed by atoms with van der Waals surface area (Å²) in [6.45, 7) is 1.80. The lowest BCUT2D eigenvalue weighted by Gasteiger charge is -2.15.